The van der Waals surface area contributed by atoms with E-state index in [2.05, 4.69) is 19.1 Å². The summed E-state index contributed by atoms with van der Waals surface area (Å²) in [4.78, 5) is 27.5. The van der Waals surface area contributed by atoms with Gasteiger partial charge in [0.1, 0.15) is 11.9 Å². The van der Waals surface area contributed by atoms with E-state index in [0.29, 0.717) is 32.5 Å². The van der Waals surface area contributed by atoms with E-state index < -0.39 is 0 Å². The van der Waals surface area contributed by atoms with Crippen LogP contribution in [0.15, 0.2) is 24.3 Å². The van der Waals surface area contributed by atoms with Gasteiger partial charge in [-0.25, -0.2) is 0 Å². The smallest absolute Gasteiger partial charge is 0.227 e. The van der Waals surface area contributed by atoms with Gasteiger partial charge in [-0.1, -0.05) is 19.1 Å². The highest BCUT2D eigenvalue weighted by atomic mass is 16.5. The van der Waals surface area contributed by atoms with Crippen molar-refractivity contribution < 1.29 is 14.3 Å². The Balaban J connectivity index is 1.48. The molecule has 2 heterocycles. The van der Waals surface area contributed by atoms with Crippen molar-refractivity contribution >= 4 is 11.8 Å². The first-order valence-electron chi connectivity index (χ1n) is 8.35. The summed E-state index contributed by atoms with van der Waals surface area (Å²) >= 11 is 0. The second-order valence-corrected chi connectivity index (χ2v) is 6.49. The summed E-state index contributed by atoms with van der Waals surface area (Å²) in [5, 5.41) is 0. The third-order valence-corrected chi connectivity index (χ3v) is 4.75. The van der Waals surface area contributed by atoms with Crippen LogP contribution in [0.3, 0.4) is 0 Å². The van der Waals surface area contributed by atoms with Crippen LogP contribution < -0.4 is 4.74 Å². The van der Waals surface area contributed by atoms with Gasteiger partial charge in [0, 0.05) is 20.0 Å². The van der Waals surface area contributed by atoms with Crippen molar-refractivity contribution in [1.29, 1.82) is 0 Å². The lowest BCUT2D eigenvalue weighted by molar-refractivity contribution is -0.148. The molecule has 2 aliphatic heterocycles. The van der Waals surface area contributed by atoms with Crippen LogP contribution in [-0.2, 0) is 16.0 Å². The van der Waals surface area contributed by atoms with Gasteiger partial charge in [0.05, 0.1) is 19.0 Å². The molecule has 0 spiro atoms. The van der Waals surface area contributed by atoms with Gasteiger partial charge in [0.25, 0.3) is 0 Å². The zero-order chi connectivity index (χ0) is 16.4. The van der Waals surface area contributed by atoms with Gasteiger partial charge in [0.15, 0.2) is 0 Å². The van der Waals surface area contributed by atoms with Crippen LogP contribution in [0.25, 0.3) is 0 Å². The molecule has 2 fully saturated rings. The minimum absolute atomic E-state index is 0.0536. The number of ether oxygens (including phenoxy) is 1. The molecule has 5 nitrogen and oxygen atoms in total. The van der Waals surface area contributed by atoms with Crippen molar-refractivity contribution in [2.45, 2.75) is 32.3 Å². The molecule has 0 aliphatic carbocycles. The van der Waals surface area contributed by atoms with E-state index in [1.54, 1.807) is 11.9 Å². The van der Waals surface area contributed by atoms with Crippen LogP contribution in [0.2, 0.25) is 0 Å². The maximum absolute atomic E-state index is 12.5. The van der Waals surface area contributed by atoms with Crippen molar-refractivity contribution in [3.63, 3.8) is 0 Å². The number of hydrogen-bond acceptors (Lipinski definition) is 3. The summed E-state index contributed by atoms with van der Waals surface area (Å²) < 4.78 is 5.94. The fraction of sp³-hybridized carbons (Fsp3) is 0.556. The van der Waals surface area contributed by atoms with Crippen LogP contribution in [0.4, 0.5) is 0 Å². The normalized spacial score (nSPS) is 22.0. The van der Waals surface area contributed by atoms with E-state index in [0.717, 1.165) is 12.2 Å². The molecule has 1 atom stereocenters. The van der Waals surface area contributed by atoms with Gasteiger partial charge in [-0.05, 0) is 30.5 Å². The Morgan fingerprint density at radius 1 is 1.30 bits per heavy atom. The molecule has 0 bridgehead atoms. The molecule has 5 heteroatoms. The molecule has 2 saturated heterocycles. The number of piperidine rings is 1. The van der Waals surface area contributed by atoms with E-state index in [-0.39, 0.29) is 23.8 Å². The summed E-state index contributed by atoms with van der Waals surface area (Å²) in [6.45, 7) is 3.94. The summed E-state index contributed by atoms with van der Waals surface area (Å²) in [5.74, 6) is 1.12. The Bertz CT molecular complexity index is 596. The number of amides is 2. The molecule has 0 unspecified atom stereocenters. The maximum atomic E-state index is 12.5. The van der Waals surface area contributed by atoms with Crippen LogP contribution in [0, 0.1) is 5.92 Å². The number of benzene rings is 1. The Morgan fingerprint density at radius 2 is 2.09 bits per heavy atom. The molecular weight excluding hydrogens is 292 g/mol. The zero-order valence-corrected chi connectivity index (χ0v) is 13.8. The molecule has 0 aromatic heterocycles. The van der Waals surface area contributed by atoms with E-state index in [1.807, 2.05) is 17.0 Å². The van der Waals surface area contributed by atoms with Crippen molar-refractivity contribution in [2.75, 3.05) is 26.7 Å². The lowest BCUT2D eigenvalue weighted by Crippen LogP contribution is -2.59. The molecule has 23 heavy (non-hydrogen) atoms. The van der Waals surface area contributed by atoms with Gasteiger partial charge in [0.2, 0.25) is 11.8 Å². The van der Waals surface area contributed by atoms with Gasteiger partial charge in [-0.2, -0.15) is 0 Å². The Hall–Kier alpha value is -2.04. The molecule has 1 aromatic rings. The van der Waals surface area contributed by atoms with Gasteiger partial charge in [-0.3, -0.25) is 9.59 Å². The van der Waals surface area contributed by atoms with E-state index >= 15 is 0 Å². The summed E-state index contributed by atoms with van der Waals surface area (Å²) in [5.41, 5.74) is 1.25. The largest absolute Gasteiger partial charge is 0.487 e. The third-order valence-electron chi connectivity index (χ3n) is 4.75. The van der Waals surface area contributed by atoms with Crippen LogP contribution in [0.5, 0.6) is 5.75 Å². The number of carbonyl (C=O) groups is 2. The first-order chi connectivity index (χ1) is 11.1. The fourth-order valence-corrected chi connectivity index (χ4v) is 3.20. The molecule has 1 aromatic carbocycles. The van der Waals surface area contributed by atoms with Gasteiger partial charge < -0.3 is 14.5 Å². The van der Waals surface area contributed by atoms with E-state index in [9.17, 15) is 9.59 Å². The number of nitrogens with zero attached hydrogens (tertiary/aromatic N) is 2. The number of aryl methyl sites for hydroxylation is 1. The monoisotopic (exact) mass is 316 g/mol. The minimum atomic E-state index is -0.0536. The van der Waals surface area contributed by atoms with E-state index in [4.69, 9.17) is 4.74 Å². The fourth-order valence-electron chi connectivity index (χ4n) is 3.20. The van der Waals surface area contributed by atoms with Gasteiger partial charge >= 0.3 is 0 Å². The molecule has 2 aliphatic rings. The average Bonchev–Trinajstić information content (AvgIpc) is 2.52. The topological polar surface area (TPSA) is 49.9 Å². The number of rotatable bonds is 4. The first kappa shape index (κ1) is 15.8. The lowest BCUT2D eigenvalue weighted by Gasteiger charge is -2.42. The molecule has 2 amide bonds. The molecule has 0 saturated carbocycles. The van der Waals surface area contributed by atoms with Crippen molar-refractivity contribution in [3.8, 4) is 5.75 Å². The Labute approximate surface area is 137 Å². The lowest BCUT2D eigenvalue weighted by atomic mass is 9.95. The predicted octanol–water partition coefficient (Wildman–Crippen LogP) is 1.71. The molecule has 124 valence electrons. The highest BCUT2D eigenvalue weighted by Gasteiger charge is 2.38. The standard InChI is InChI=1S/C18H24N2O3/c1-3-13-5-4-6-15(9-13)23-16-11-20(12-16)18(22)14-7-8-17(21)19(2)10-14/h4-6,9,14,16H,3,7-8,10-12H2,1-2H3/t14-/m0/s1. The van der Waals surface area contributed by atoms with Crippen LogP contribution in [0.1, 0.15) is 25.3 Å². The zero-order valence-electron chi connectivity index (χ0n) is 13.8. The highest BCUT2D eigenvalue weighted by Crippen LogP contribution is 2.24. The number of hydrogen-bond donors (Lipinski definition) is 0. The van der Waals surface area contributed by atoms with E-state index in [1.165, 1.54) is 5.56 Å². The SMILES string of the molecule is CCc1cccc(OC2CN(C(=O)[C@H]3CCC(=O)N(C)C3)C2)c1. The maximum Gasteiger partial charge on any atom is 0.227 e. The summed E-state index contributed by atoms with van der Waals surface area (Å²) in [6, 6.07) is 8.12. The average molecular weight is 316 g/mol. The summed E-state index contributed by atoms with van der Waals surface area (Å²) in [6.07, 6.45) is 2.21. The Kier molecular flexibility index (Phi) is 4.55. The predicted molar refractivity (Wildman–Crippen MR) is 87.2 cm³/mol. The molecule has 0 N–H and O–H groups in total. The van der Waals surface area contributed by atoms with Crippen molar-refractivity contribution in [2.24, 2.45) is 5.92 Å². The summed E-state index contributed by atoms with van der Waals surface area (Å²) in [7, 11) is 1.77. The number of carbonyl (C=O) groups excluding carboxylic acids is 2. The number of likely N-dealkylation sites (tertiary alicyclic amines) is 2. The molecular formula is C18H24N2O3. The van der Waals surface area contributed by atoms with Crippen molar-refractivity contribution in [3.05, 3.63) is 29.8 Å². The van der Waals surface area contributed by atoms with Crippen molar-refractivity contribution in [1.82, 2.24) is 9.80 Å². The van der Waals surface area contributed by atoms with Crippen LogP contribution in [-0.4, -0.2) is 54.4 Å². The first-order valence-corrected chi connectivity index (χ1v) is 8.35. The van der Waals surface area contributed by atoms with Gasteiger partial charge in [-0.15, -0.1) is 0 Å². The third kappa shape index (κ3) is 3.49. The minimum Gasteiger partial charge on any atom is -0.487 e. The quantitative estimate of drug-likeness (QED) is 0.849. The second-order valence-electron chi connectivity index (χ2n) is 6.49. The molecule has 0 radical (unpaired) electrons. The second kappa shape index (κ2) is 6.60. The molecule has 3 rings (SSSR count). The van der Waals surface area contributed by atoms with Crippen LogP contribution >= 0.6 is 0 Å². The highest BCUT2D eigenvalue weighted by molar-refractivity contribution is 5.84. The Morgan fingerprint density at radius 3 is 2.78 bits per heavy atom.